The summed E-state index contributed by atoms with van der Waals surface area (Å²) in [7, 11) is 1.32. The molecule has 3 rings (SSSR count). The van der Waals surface area contributed by atoms with Gasteiger partial charge in [-0.1, -0.05) is 48.5 Å². The maximum absolute atomic E-state index is 12.6. The van der Waals surface area contributed by atoms with Gasteiger partial charge in [-0.2, -0.15) is 5.10 Å². The Morgan fingerprint density at radius 2 is 1.72 bits per heavy atom. The molecular formula is C20H20N2O3. The molecule has 0 aliphatic heterocycles. The van der Waals surface area contributed by atoms with Crippen molar-refractivity contribution in [2.75, 3.05) is 12.5 Å². The van der Waals surface area contributed by atoms with Crippen molar-refractivity contribution in [1.29, 1.82) is 0 Å². The van der Waals surface area contributed by atoms with Gasteiger partial charge in [0.05, 0.1) is 12.8 Å². The first-order valence-corrected chi connectivity index (χ1v) is 8.21. The van der Waals surface area contributed by atoms with Crippen LogP contribution in [-0.2, 0) is 14.3 Å². The second-order valence-electron chi connectivity index (χ2n) is 6.02. The molecule has 0 unspecified atom stereocenters. The second kappa shape index (κ2) is 7.75. The van der Waals surface area contributed by atoms with Gasteiger partial charge in [0.15, 0.2) is 5.78 Å². The summed E-state index contributed by atoms with van der Waals surface area (Å²) in [5.41, 5.74) is 5.52. The second-order valence-corrected chi connectivity index (χ2v) is 6.02. The van der Waals surface area contributed by atoms with Gasteiger partial charge in [-0.15, -0.1) is 0 Å². The molecule has 2 atom stereocenters. The van der Waals surface area contributed by atoms with Crippen molar-refractivity contribution in [3.63, 3.8) is 0 Å². The number of hydrogen-bond donors (Lipinski definition) is 1. The number of nitrogens with zero attached hydrogens (tertiary/aromatic N) is 1. The Hall–Kier alpha value is -2.95. The third kappa shape index (κ3) is 3.94. The summed E-state index contributed by atoms with van der Waals surface area (Å²) in [5.74, 6) is -1.66. The molecule has 5 heteroatoms. The molecule has 1 aliphatic rings. The molecule has 1 aliphatic carbocycles. The Morgan fingerprint density at radius 1 is 1.08 bits per heavy atom. The van der Waals surface area contributed by atoms with Crippen LogP contribution in [0.15, 0.2) is 65.8 Å². The molecule has 0 spiro atoms. The number of hydrogen-bond acceptors (Lipinski definition) is 5. The maximum atomic E-state index is 12.6. The Morgan fingerprint density at radius 3 is 2.36 bits per heavy atom. The van der Waals surface area contributed by atoms with E-state index in [1.807, 2.05) is 60.7 Å². The molecule has 5 nitrogen and oxygen atoms in total. The van der Waals surface area contributed by atoms with Crippen molar-refractivity contribution in [3.05, 3.63) is 66.2 Å². The van der Waals surface area contributed by atoms with Gasteiger partial charge >= 0.3 is 5.97 Å². The van der Waals surface area contributed by atoms with Gasteiger partial charge < -0.3 is 4.74 Å². The fourth-order valence-corrected chi connectivity index (χ4v) is 3.15. The molecule has 1 N–H and O–H groups in total. The molecular weight excluding hydrogens is 316 g/mol. The number of methoxy groups -OCH3 is 1. The topological polar surface area (TPSA) is 67.8 Å². The minimum atomic E-state index is -0.775. The highest BCUT2D eigenvalue weighted by Crippen LogP contribution is 2.35. The van der Waals surface area contributed by atoms with E-state index in [-0.39, 0.29) is 18.1 Å². The number of rotatable bonds is 4. The third-order valence-electron chi connectivity index (χ3n) is 4.38. The highest BCUT2D eigenvalue weighted by Gasteiger charge is 2.41. The molecule has 25 heavy (non-hydrogen) atoms. The van der Waals surface area contributed by atoms with Crippen molar-refractivity contribution in [2.24, 2.45) is 11.0 Å². The van der Waals surface area contributed by atoms with E-state index < -0.39 is 11.9 Å². The molecule has 0 radical (unpaired) electrons. The van der Waals surface area contributed by atoms with Gasteiger partial charge in [-0.05, 0) is 24.1 Å². The van der Waals surface area contributed by atoms with Gasteiger partial charge in [-0.3, -0.25) is 15.0 Å². The summed E-state index contributed by atoms with van der Waals surface area (Å²) in [6.45, 7) is 0. The van der Waals surface area contributed by atoms with Crippen molar-refractivity contribution in [2.45, 2.75) is 18.8 Å². The van der Waals surface area contributed by atoms with E-state index in [1.165, 1.54) is 7.11 Å². The fourth-order valence-electron chi connectivity index (χ4n) is 3.15. The van der Waals surface area contributed by atoms with E-state index >= 15 is 0 Å². The molecule has 128 valence electrons. The number of esters is 1. The monoisotopic (exact) mass is 336 g/mol. The number of carbonyl (C=O) groups excluding carboxylic acids is 2. The van der Waals surface area contributed by atoms with E-state index in [0.717, 1.165) is 17.0 Å². The van der Waals surface area contributed by atoms with Crippen LogP contribution in [0.5, 0.6) is 0 Å². The van der Waals surface area contributed by atoms with Crippen molar-refractivity contribution < 1.29 is 14.3 Å². The van der Waals surface area contributed by atoms with E-state index in [0.29, 0.717) is 6.42 Å². The zero-order chi connectivity index (χ0) is 17.6. The lowest BCUT2D eigenvalue weighted by atomic mass is 9.74. The lowest BCUT2D eigenvalue weighted by molar-refractivity contribution is -0.150. The molecule has 0 heterocycles. The van der Waals surface area contributed by atoms with Crippen LogP contribution in [0.3, 0.4) is 0 Å². The first-order valence-electron chi connectivity index (χ1n) is 8.21. The van der Waals surface area contributed by atoms with Crippen LogP contribution in [-0.4, -0.2) is 24.6 Å². The quantitative estimate of drug-likeness (QED) is 0.528. The molecule has 0 bridgehead atoms. The molecule has 0 aromatic heterocycles. The normalized spacial score (nSPS) is 21.8. The first-order chi connectivity index (χ1) is 12.2. The molecule has 0 amide bonds. The highest BCUT2D eigenvalue weighted by atomic mass is 16.5. The number of ether oxygens (including phenoxy) is 1. The summed E-state index contributed by atoms with van der Waals surface area (Å²) in [6, 6.07) is 19.1. The van der Waals surface area contributed by atoms with Crippen LogP contribution in [0.2, 0.25) is 0 Å². The number of carbonyl (C=O) groups is 2. The number of anilines is 1. The van der Waals surface area contributed by atoms with Crippen LogP contribution >= 0.6 is 0 Å². The van der Waals surface area contributed by atoms with Gasteiger partial charge in [0, 0.05) is 18.1 Å². The zero-order valence-electron chi connectivity index (χ0n) is 14.0. The van der Waals surface area contributed by atoms with E-state index in [2.05, 4.69) is 10.5 Å². The summed E-state index contributed by atoms with van der Waals surface area (Å²) >= 11 is 0. The van der Waals surface area contributed by atoms with Crippen LogP contribution in [0, 0.1) is 5.92 Å². The number of ketones is 1. The lowest BCUT2D eigenvalue weighted by Crippen LogP contribution is -2.38. The zero-order valence-corrected chi connectivity index (χ0v) is 14.0. The molecule has 0 saturated heterocycles. The standard InChI is InChI=1S/C20H20N2O3/c1-25-20(24)19-17(14-8-4-2-5-9-14)12-16(13-18(19)23)22-21-15-10-6-3-7-11-15/h2-11,17,19,21H,12-13H2,1H3/b22-16+/t17-,19-/m0/s1. The van der Waals surface area contributed by atoms with Gasteiger partial charge in [0.25, 0.3) is 0 Å². The third-order valence-corrected chi connectivity index (χ3v) is 4.38. The average molecular weight is 336 g/mol. The minimum Gasteiger partial charge on any atom is -0.468 e. The number of nitrogens with one attached hydrogen (secondary N) is 1. The van der Waals surface area contributed by atoms with E-state index in [1.54, 1.807) is 0 Å². The predicted molar refractivity (Wildman–Crippen MR) is 96.4 cm³/mol. The van der Waals surface area contributed by atoms with Crippen molar-refractivity contribution in [1.82, 2.24) is 0 Å². The lowest BCUT2D eigenvalue weighted by Gasteiger charge is -2.29. The average Bonchev–Trinajstić information content (AvgIpc) is 2.67. The van der Waals surface area contributed by atoms with Gasteiger partial charge in [-0.25, -0.2) is 0 Å². The number of benzene rings is 2. The Balaban J connectivity index is 1.85. The number of hydrazone groups is 1. The Kier molecular flexibility index (Phi) is 5.23. The summed E-state index contributed by atoms with van der Waals surface area (Å²) < 4.78 is 4.86. The Labute approximate surface area is 146 Å². The Bertz CT molecular complexity index is 772. The maximum Gasteiger partial charge on any atom is 0.316 e. The summed E-state index contributed by atoms with van der Waals surface area (Å²) in [6.07, 6.45) is 0.693. The minimum absolute atomic E-state index is 0.152. The van der Waals surface area contributed by atoms with E-state index in [4.69, 9.17) is 4.74 Å². The van der Waals surface area contributed by atoms with Gasteiger partial charge in [0.1, 0.15) is 5.92 Å². The fraction of sp³-hybridized carbons (Fsp3) is 0.250. The highest BCUT2D eigenvalue weighted by molar-refractivity contribution is 6.13. The molecule has 1 saturated carbocycles. The van der Waals surface area contributed by atoms with Crippen LogP contribution in [0.1, 0.15) is 24.3 Å². The largest absolute Gasteiger partial charge is 0.468 e. The first kappa shape index (κ1) is 16.9. The molecule has 1 fully saturated rings. The van der Waals surface area contributed by atoms with Crippen molar-refractivity contribution >= 4 is 23.2 Å². The summed E-state index contributed by atoms with van der Waals surface area (Å²) in [4.78, 5) is 24.7. The van der Waals surface area contributed by atoms with Crippen LogP contribution in [0.25, 0.3) is 0 Å². The number of Topliss-reactive ketones (excluding diaryl/α,β-unsaturated/α-hetero) is 1. The molecule has 2 aromatic rings. The van der Waals surface area contributed by atoms with Crippen molar-refractivity contribution in [3.8, 4) is 0 Å². The van der Waals surface area contributed by atoms with Crippen LogP contribution < -0.4 is 5.43 Å². The number of para-hydroxylation sites is 1. The summed E-state index contributed by atoms with van der Waals surface area (Å²) in [5, 5.41) is 4.39. The van der Waals surface area contributed by atoms with E-state index in [9.17, 15) is 9.59 Å². The SMILES string of the molecule is COC(=O)[C@@H]1C(=O)C/C(=N/Nc2ccccc2)C[C@H]1c1ccccc1. The predicted octanol–water partition coefficient (Wildman–Crippen LogP) is 3.39. The molecule has 2 aromatic carbocycles. The van der Waals surface area contributed by atoms with Crippen LogP contribution in [0.4, 0.5) is 5.69 Å². The smallest absolute Gasteiger partial charge is 0.316 e. The van der Waals surface area contributed by atoms with Gasteiger partial charge in [0.2, 0.25) is 0 Å².